The Bertz CT molecular complexity index is 1390. The van der Waals surface area contributed by atoms with Crippen LogP contribution >= 0.6 is 0 Å². The van der Waals surface area contributed by atoms with E-state index in [1.54, 1.807) is 36.3 Å². The van der Waals surface area contributed by atoms with Gasteiger partial charge in [0.1, 0.15) is 11.8 Å². The van der Waals surface area contributed by atoms with Gasteiger partial charge in [0.2, 0.25) is 5.95 Å². The smallest absolute Gasteiger partial charge is 0.255 e. The maximum atomic E-state index is 13.6. The molecule has 8 nitrogen and oxygen atoms in total. The number of aromatic nitrogens is 4. The number of carbonyl (C=O) groups is 1. The van der Waals surface area contributed by atoms with Crippen molar-refractivity contribution in [3.05, 3.63) is 95.5 Å². The second-order valence-electron chi connectivity index (χ2n) is 8.08. The molecule has 2 aromatic carbocycles. The van der Waals surface area contributed by atoms with Gasteiger partial charge in [-0.25, -0.2) is 4.68 Å². The second kappa shape index (κ2) is 8.82. The van der Waals surface area contributed by atoms with E-state index in [0.29, 0.717) is 34.5 Å². The Morgan fingerprint density at radius 3 is 2.71 bits per heavy atom. The Kier molecular flexibility index (Phi) is 5.55. The monoisotopic (exact) mass is 452 g/mol. The van der Waals surface area contributed by atoms with E-state index in [1.807, 2.05) is 62.4 Å². The lowest BCUT2D eigenvalue weighted by atomic mass is 9.96. The molecule has 1 amide bonds. The standard InChI is InChI=1S/C26H24N6O2/c1-16-8-6-9-18(14-16)24-30-26-28-17(2)22(23(32(26)31-24)19-10-7-13-27-15-19)25(33)29-20-11-4-5-12-21(20)34-3/h4-15,23H,1-3H3,(H,29,33)(H,28,30,31). The Morgan fingerprint density at radius 1 is 1.09 bits per heavy atom. The van der Waals surface area contributed by atoms with E-state index in [0.717, 1.165) is 16.7 Å². The molecule has 170 valence electrons. The fraction of sp³-hybridized carbons (Fsp3) is 0.154. The molecule has 5 rings (SSSR count). The Labute approximate surface area is 197 Å². The number of nitrogens with zero attached hydrogens (tertiary/aromatic N) is 4. The van der Waals surface area contributed by atoms with E-state index in [-0.39, 0.29) is 5.91 Å². The van der Waals surface area contributed by atoms with Crippen molar-refractivity contribution in [3.8, 4) is 17.1 Å². The maximum absolute atomic E-state index is 13.6. The Balaban J connectivity index is 1.59. The molecule has 2 aromatic heterocycles. The summed E-state index contributed by atoms with van der Waals surface area (Å²) in [5, 5.41) is 11.1. The molecule has 0 saturated carbocycles. The maximum Gasteiger partial charge on any atom is 0.255 e. The van der Waals surface area contributed by atoms with Gasteiger partial charge >= 0.3 is 0 Å². The molecule has 0 spiro atoms. The van der Waals surface area contributed by atoms with Crippen LogP contribution in [-0.2, 0) is 4.79 Å². The van der Waals surface area contributed by atoms with Gasteiger partial charge in [-0.15, -0.1) is 5.10 Å². The van der Waals surface area contributed by atoms with Crippen molar-refractivity contribution >= 4 is 17.5 Å². The van der Waals surface area contributed by atoms with Crippen molar-refractivity contribution < 1.29 is 9.53 Å². The van der Waals surface area contributed by atoms with Gasteiger partial charge in [0, 0.05) is 23.7 Å². The molecule has 0 saturated heterocycles. The lowest BCUT2D eigenvalue weighted by Crippen LogP contribution is -2.31. The third-order valence-electron chi connectivity index (χ3n) is 5.73. The van der Waals surface area contributed by atoms with Gasteiger partial charge in [-0.2, -0.15) is 4.98 Å². The molecule has 1 aliphatic rings. The van der Waals surface area contributed by atoms with Gasteiger partial charge in [-0.05, 0) is 43.7 Å². The van der Waals surface area contributed by atoms with E-state index in [1.165, 1.54) is 0 Å². The SMILES string of the molecule is COc1ccccc1NC(=O)C1=C(C)Nc2nc(-c3cccc(C)c3)nn2C1c1cccnc1. The fourth-order valence-corrected chi connectivity index (χ4v) is 4.14. The molecule has 8 heteroatoms. The van der Waals surface area contributed by atoms with Crippen LogP contribution < -0.4 is 15.4 Å². The van der Waals surface area contributed by atoms with Gasteiger partial charge in [-0.1, -0.05) is 42.0 Å². The van der Waals surface area contributed by atoms with Crippen molar-refractivity contribution in [2.24, 2.45) is 0 Å². The summed E-state index contributed by atoms with van der Waals surface area (Å²) < 4.78 is 7.15. The zero-order valence-electron chi connectivity index (χ0n) is 19.1. The highest BCUT2D eigenvalue weighted by Gasteiger charge is 2.34. The number of benzene rings is 2. The minimum Gasteiger partial charge on any atom is -0.495 e. The Morgan fingerprint density at radius 2 is 1.94 bits per heavy atom. The molecule has 3 heterocycles. The van der Waals surface area contributed by atoms with Crippen molar-refractivity contribution in [2.75, 3.05) is 17.7 Å². The number of methoxy groups -OCH3 is 1. The fourth-order valence-electron chi connectivity index (χ4n) is 4.14. The number of carbonyl (C=O) groups excluding carboxylic acids is 1. The second-order valence-corrected chi connectivity index (χ2v) is 8.08. The van der Waals surface area contributed by atoms with Crippen LogP contribution in [0.1, 0.15) is 24.1 Å². The predicted octanol–water partition coefficient (Wildman–Crippen LogP) is 4.58. The first-order chi connectivity index (χ1) is 16.5. The van der Waals surface area contributed by atoms with Crippen molar-refractivity contribution in [2.45, 2.75) is 19.9 Å². The van der Waals surface area contributed by atoms with Crippen LogP contribution in [0.5, 0.6) is 5.75 Å². The third kappa shape index (κ3) is 3.90. The number of anilines is 2. The number of ether oxygens (including phenoxy) is 1. The number of hydrogen-bond acceptors (Lipinski definition) is 6. The molecule has 1 unspecified atom stereocenters. The van der Waals surface area contributed by atoms with E-state index in [4.69, 9.17) is 14.8 Å². The van der Waals surface area contributed by atoms with Crippen LogP contribution in [0, 0.1) is 6.92 Å². The first-order valence-electron chi connectivity index (χ1n) is 10.9. The number of pyridine rings is 1. The summed E-state index contributed by atoms with van der Waals surface area (Å²) in [4.78, 5) is 22.6. The van der Waals surface area contributed by atoms with Crippen molar-refractivity contribution in [3.63, 3.8) is 0 Å². The number of para-hydroxylation sites is 2. The number of aryl methyl sites for hydroxylation is 1. The highest BCUT2D eigenvalue weighted by molar-refractivity contribution is 6.06. The topological polar surface area (TPSA) is 94.0 Å². The van der Waals surface area contributed by atoms with Gasteiger partial charge in [-0.3, -0.25) is 9.78 Å². The number of nitrogens with one attached hydrogen (secondary N) is 2. The van der Waals surface area contributed by atoms with Gasteiger partial charge in [0.25, 0.3) is 5.91 Å². The number of amides is 1. The summed E-state index contributed by atoms with van der Waals surface area (Å²) in [5.41, 5.74) is 4.66. The third-order valence-corrected chi connectivity index (χ3v) is 5.73. The number of fused-ring (bicyclic) bond motifs is 1. The summed E-state index contributed by atoms with van der Waals surface area (Å²) in [6, 6.07) is 18.6. The molecule has 0 bridgehead atoms. The van der Waals surface area contributed by atoms with Crippen molar-refractivity contribution in [1.29, 1.82) is 0 Å². The number of hydrogen-bond donors (Lipinski definition) is 2. The molecular weight excluding hydrogens is 428 g/mol. The predicted molar refractivity (Wildman–Crippen MR) is 131 cm³/mol. The molecule has 1 atom stereocenters. The van der Waals surface area contributed by atoms with Crippen LogP contribution in [0.15, 0.2) is 84.3 Å². The van der Waals surface area contributed by atoms with Crippen LogP contribution in [0.4, 0.5) is 11.6 Å². The molecule has 1 aliphatic heterocycles. The summed E-state index contributed by atoms with van der Waals surface area (Å²) in [6.07, 6.45) is 3.45. The molecular formula is C26H24N6O2. The summed E-state index contributed by atoms with van der Waals surface area (Å²) in [5.74, 6) is 1.47. The molecule has 0 aliphatic carbocycles. The number of allylic oxidation sites excluding steroid dienone is 1. The lowest BCUT2D eigenvalue weighted by molar-refractivity contribution is -0.113. The average Bonchev–Trinajstić information content (AvgIpc) is 3.27. The van der Waals surface area contributed by atoms with Crippen LogP contribution in [0.3, 0.4) is 0 Å². The van der Waals surface area contributed by atoms with E-state index < -0.39 is 6.04 Å². The number of rotatable bonds is 5. The van der Waals surface area contributed by atoms with Crippen LogP contribution in [0.2, 0.25) is 0 Å². The highest BCUT2D eigenvalue weighted by atomic mass is 16.5. The summed E-state index contributed by atoms with van der Waals surface area (Å²) in [6.45, 7) is 3.90. The minimum atomic E-state index is -0.509. The minimum absolute atomic E-state index is 0.262. The largest absolute Gasteiger partial charge is 0.495 e. The van der Waals surface area contributed by atoms with Crippen molar-refractivity contribution in [1.82, 2.24) is 19.7 Å². The molecule has 0 fully saturated rings. The Hall–Kier alpha value is -4.46. The summed E-state index contributed by atoms with van der Waals surface area (Å²) in [7, 11) is 1.57. The van der Waals surface area contributed by atoms with E-state index in [2.05, 4.69) is 15.6 Å². The van der Waals surface area contributed by atoms with Gasteiger partial charge in [0.15, 0.2) is 5.82 Å². The van der Waals surface area contributed by atoms with Gasteiger partial charge in [0.05, 0.1) is 18.4 Å². The zero-order chi connectivity index (χ0) is 23.7. The normalized spacial score (nSPS) is 14.9. The van der Waals surface area contributed by atoms with E-state index in [9.17, 15) is 4.79 Å². The highest BCUT2D eigenvalue weighted by Crippen LogP contribution is 2.37. The summed E-state index contributed by atoms with van der Waals surface area (Å²) >= 11 is 0. The average molecular weight is 453 g/mol. The molecule has 0 radical (unpaired) electrons. The van der Waals surface area contributed by atoms with Crippen LogP contribution in [-0.4, -0.2) is 32.8 Å². The van der Waals surface area contributed by atoms with Crippen LogP contribution in [0.25, 0.3) is 11.4 Å². The first kappa shape index (κ1) is 21.4. The van der Waals surface area contributed by atoms with Gasteiger partial charge < -0.3 is 15.4 Å². The molecule has 2 N–H and O–H groups in total. The first-order valence-corrected chi connectivity index (χ1v) is 10.9. The quantitative estimate of drug-likeness (QED) is 0.460. The van der Waals surface area contributed by atoms with E-state index >= 15 is 0 Å². The molecule has 4 aromatic rings. The molecule has 34 heavy (non-hydrogen) atoms. The lowest BCUT2D eigenvalue weighted by Gasteiger charge is -2.28. The zero-order valence-corrected chi connectivity index (χ0v) is 19.1.